The van der Waals surface area contributed by atoms with Crippen LogP contribution in [0.1, 0.15) is 27.0 Å². The Bertz CT molecular complexity index is 714. The molecule has 0 radical (unpaired) electrons. The summed E-state index contributed by atoms with van der Waals surface area (Å²) < 4.78 is 0.853. The normalized spacial score (nSPS) is 10.1. The number of hydrazine groups is 1. The Morgan fingerprint density at radius 3 is 2.41 bits per heavy atom. The number of carbonyl (C=O) groups excluding carboxylic acids is 2. The smallest absolute Gasteiger partial charge is 0.269 e. The van der Waals surface area contributed by atoms with Gasteiger partial charge in [0.05, 0.1) is 6.42 Å². The molecule has 114 valence electrons. The fourth-order valence-electron chi connectivity index (χ4n) is 1.96. The predicted octanol–water partition coefficient (Wildman–Crippen LogP) is 3.07. The summed E-state index contributed by atoms with van der Waals surface area (Å²) in [6.07, 6.45) is 0.227. The third-order valence-corrected chi connectivity index (χ3v) is 4.22. The molecule has 0 aliphatic carbocycles. The molecular formula is C17H17BrN2O2. The average Bonchev–Trinajstić information content (AvgIpc) is 2.50. The highest BCUT2D eigenvalue weighted by Crippen LogP contribution is 2.17. The van der Waals surface area contributed by atoms with Gasteiger partial charge in [0, 0.05) is 10.0 Å². The minimum absolute atomic E-state index is 0.227. The lowest BCUT2D eigenvalue weighted by Gasteiger charge is -2.09. The molecule has 0 spiro atoms. The minimum atomic E-state index is -0.348. The van der Waals surface area contributed by atoms with E-state index in [0.29, 0.717) is 5.56 Å². The summed E-state index contributed by atoms with van der Waals surface area (Å²) >= 11 is 3.38. The maximum atomic E-state index is 12.0. The Kier molecular flexibility index (Phi) is 5.33. The molecule has 2 aromatic carbocycles. The zero-order valence-electron chi connectivity index (χ0n) is 12.4. The first-order valence-corrected chi connectivity index (χ1v) is 7.66. The van der Waals surface area contributed by atoms with Crippen LogP contribution in [0, 0.1) is 13.8 Å². The molecule has 2 N–H and O–H groups in total. The zero-order valence-corrected chi connectivity index (χ0v) is 14.0. The number of rotatable bonds is 3. The summed E-state index contributed by atoms with van der Waals surface area (Å²) in [7, 11) is 0. The maximum Gasteiger partial charge on any atom is 0.269 e. The third kappa shape index (κ3) is 4.18. The van der Waals surface area contributed by atoms with E-state index >= 15 is 0 Å². The topological polar surface area (TPSA) is 58.2 Å². The van der Waals surface area contributed by atoms with E-state index in [1.807, 2.05) is 44.2 Å². The van der Waals surface area contributed by atoms with Gasteiger partial charge in [0.1, 0.15) is 0 Å². The molecule has 0 bridgehead atoms. The van der Waals surface area contributed by atoms with Crippen molar-refractivity contribution in [2.45, 2.75) is 20.3 Å². The van der Waals surface area contributed by atoms with Crippen molar-refractivity contribution in [1.29, 1.82) is 0 Å². The molecule has 0 aliphatic rings. The van der Waals surface area contributed by atoms with Crippen LogP contribution < -0.4 is 10.9 Å². The van der Waals surface area contributed by atoms with Crippen molar-refractivity contribution in [3.8, 4) is 0 Å². The van der Waals surface area contributed by atoms with E-state index in [-0.39, 0.29) is 18.2 Å². The molecule has 22 heavy (non-hydrogen) atoms. The Morgan fingerprint density at radius 1 is 1.00 bits per heavy atom. The molecule has 2 amide bonds. The molecule has 0 saturated heterocycles. The standard InChI is InChI=1S/C17H17BrN2O2/c1-11-5-3-4-6-13(11)10-16(21)19-20-17(22)14-8-7-12(2)15(18)9-14/h3-9H,10H2,1-2H3,(H,19,21)(H,20,22). The van der Waals surface area contributed by atoms with Crippen LogP contribution in [0.5, 0.6) is 0 Å². The number of halogens is 1. The fraction of sp³-hybridized carbons (Fsp3) is 0.176. The Balaban J connectivity index is 1.92. The third-order valence-electron chi connectivity index (χ3n) is 3.36. The summed E-state index contributed by atoms with van der Waals surface area (Å²) in [6.45, 7) is 3.89. The molecule has 0 saturated carbocycles. The largest absolute Gasteiger partial charge is 0.273 e. The highest BCUT2D eigenvalue weighted by molar-refractivity contribution is 9.10. The van der Waals surface area contributed by atoms with Gasteiger partial charge in [-0.3, -0.25) is 20.4 Å². The molecule has 0 fully saturated rings. The lowest BCUT2D eigenvalue weighted by Crippen LogP contribution is -2.42. The molecule has 2 rings (SSSR count). The van der Waals surface area contributed by atoms with Gasteiger partial charge in [0.15, 0.2) is 0 Å². The number of hydrogen-bond donors (Lipinski definition) is 2. The van der Waals surface area contributed by atoms with Gasteiger partial charge in [-0.1, -0.05) is 46.3 Å². The number of aryl methyl sites for hydroxylation is 2. The van der Waals surface area contributed by atoms with Crippen LogP contribution in [-0.4, -0.2) is 11.8 Å². The summed E-state index contributed by atoms with van der Waals surface area (Å²) in [4.78, 5) is 23.9. The molecular weight excluding hydrogens is 344 g/mol. The molecule has 0 unspecified atom stereocenters. The molecule has 2 aromatic rings. The number of benzene rings is 2. The number of amides is 2. The van der Waals surface area contributed by atoms with Gasteiger partial charge in [-0.2, -0.15) is 0 Å². The molecule has 5 heteroatoms. The second kappa shape index (κ2) is 7.22. The van der Waals surface area contributed by atoms with Gasteiger partial charge >= 0.3 is 0 Å². The molecule has 0 aromatic heterocycles. The van der Waals surface area contributed by atoms with E-state index in [0.717, 1.165) is 21.2 Å². The second-order valence-electron chi connectivity index (χ2n) is 5.07. The van der Waals surface area contributed by atoms with E-state index in [1.165, 1.54) is 0 Å². The van der Waals surface area contributed by atoms with Crippen LogP contribution in [0.3, 0.4) is 0 Å². The fourth-order valence-corrected chi connectivity index (χ4v) is 2.34. The Labute approximate surface area is 138 Å². The molecule has 0 heterocycles. The first kappa shape index (κ1) is 16.2. The summed E-state index contributed by atoms with van der Waals surface area (Å²) in [6, 6.07) is 12.9. The molecule has 0 aliphatic heterocycles. The van der Waals surface area contributed by atoms with Gasteiger partial charge < -0.3 is 0 Å². The number of nitrogens with one attached hydrogen (secondary N) is 2. The van der Waals surface area contributed by atoms with Gasteiger partial charge in [0.25, 0.3) is 5.91 Å². The van der Waals surface area contributed by atoms with Crippen molar-refractivity contribution in [3.63, 3.8) is 0 Å². The lowest BCUT2D eigenvalue weighted by atomic mass is 10.1. The number of carbonyl (C=O) groups is 2. The highest BCUT2D eigenvalue weighted by Gasteiger charge is 2.10. The summed E-state index contributed by atoms with van der Waals surface area (Å²) in [5, 5.41) is 0. The van der Waals surface area contributed by atoms with Gasteiger partial charge in [-0.25, -0.2) is 0 Å². The van der Waals surface area contributed by atoms with Crippen LogP contribution in [0.2, 0.25) is 0 Å². The highest BCUT2D eigenvalue weighted by atomic mass is 79.9. The van der Waals surface area contributed by atoms with Gasteiger partial charge in [-0.15, -0.1) is 0 Å². The van der Waals surface area contributed by atoms with E-state index < -0.39 is 0 Å². The first-order valence-electron chi connectivity index (χ1n) is 6.87. The average molecular weight is 361 g/mol. The van der Waals surface area contributed by atoms with Crippen molar-refractivity contribution in [2.75, 3.05) is 0 Å². The van der Waals surface area contributed by atoms with Crippen LogP contribution in [0.4, 0.5) is 0 Å². The summed E-state index contributed by atoms with van der Waals surface area (Å²) in [5.74, 6) is -0.604. The van der Waals surface area contributed by atoms with Crippen LogP contribution in [0.25, 0.3) is 0 Å². The molecule has 0 atom stereocenters. The predicted molar refractivity (Wildman–Crippen MR) is 89.4 cm³/mol. The van der Waals surface area contributed by atoms with Gasteiger partial charge in [0.2, 0.25) is 5.91 Å². The van der Waals surface area contributed by atoms with E-state index in [9.17, 15) is 9.59 Å². The van der Waals surface area contributed by atoms with Crippen LogP contribution >= 0.6 is 15.9 Å². The second-order valence-corrected chi connectivity index (χ2v) is 5.92. The van der Waals surface area contributed by atoms with Crippen molar-refractivity contribution in [3.05, 3.63) is 69.2 Å². The zero-order chi connectivity index (χ0) is 16.1. The SMILES string of the molecule is Cc1ccc(C(=O)NNC(=O)Cc2ccccc2C)cc1Br. The van der Waals surface area contributed by atoms with Crippen molar-refractivity contribution in [2.24, 2.45) is 0 Å². The first-order chi connectivity index (χ1) is 10.5. The summed E-state index contributed by atoms with van der Waals surface area (Å²) in [5.41, 5.74) is 8.37. The van der Waals surface area contributed by atoms with E-state index in [2.05, 4.69) is 26.8 Å². The minimum Gasteiger partial charge on any atom is -0.273 e. The van der Waals surface area contributed by atoms with Crippen molar-refractivity contribution < 1.29 is 9.59 Å². The van der Waals surface area contributed by atoms with Crippen LogP contribution in [-0.2, 0) is 11.2 Å². The van der Waals surface area contributed by atoms with Crippen LogP contribution in [0.15, 0.2) is 46.9 Å². The van der Waals surface area contributed by atoms with Crippen molar-refractivity contribution in [1.82, 2.24) is 10.9 Å². The number of hydrogen-bond acceptors (Lipinski definition) is 2. The Hall–Kier alpha value is -2.14. The van der Waals surface area contributed by atoms with Gasteiger partial charge in [-0.05, 0) is 42.7 Å². The maximum absolute atomic E-state index is 12.0. The Morgan fingerprint density at radius 2 is 1.73 bits per heavy atom. The molecule has 4 nitrogen and oxygen atoms in total. The van der Waals surface area contributed by atoms with E-state index in [4.69, 9.17) is 0 Å². The monoisotopic (exact) mass is 360 g/mol. The lowest BCUT2D eigenvalue weighted by molar-refractivity contribution is -0.121. The van der Waals surface area contributed by atoms with E-state index in [1.54, 1.807) is 12.1 Å². The quantitative estimate of drug-likeness (QED) is 0.826. The van der Waals surface area contributed by atoms with Crippen molar-refractivity contribution >= 4 is 27.7 Å².